The minimum absolute atomic E-state index is 0.232. The van der Waals surface area contributed by atoms with Crippen LogP contribution in [-0.2, 0) is 0 Å². The monoisotopic (exact) mass is 279 g/mol. The van der Waals surface area contributed by atoms with Crippen LogP contribution in [-0.4, -0.2) is 17.7 Å². The molecule has 0 heterocycles. The maximum Gasteiger partial charge on any atom is 0.126 e. The normalized spacial score (nSPS) is 16.6. The van der Waals surface area contributed by atoms with Crippen molar-refractivity contribution in [2.75, 3.05) is 11.4 Å². The van der Waals surface area contributed by atoms with E-state index in [1.165, 1.54) is 18.9 Å². The number of rotatable bonds is 6. The van der Waals surface area contributed by atoms with E-state index in [1.807, 2.05) is 6.07 Å². The lowest BCUT2D eigenvalue weighted by molar-refractivity contribution is 0.199. The molecule has 0 bridgehead atoms. The van der Waals surface area contributed by atoms with E-state index in [0.717, 1.165) is 18.7 Å². The lowest BCUT2D eigenvalue weighted by Gasteiger charge is -2.29. The molecule has 1 saturated carbocycles. The van der Waals surface area contributed by atoms with E-state index in [2.05, 4.69) is 18.7 Å². The van der Waals surface area contributed by atoms with Crippen molar-refractivity contribution in [3.05, 3.63) is 29.1 Å². The summed E-state index contributed by atoms with van der Waals surface area (Å²) in [6, 6.07) is 3.96. The molecule has 0 saturated heterocycles. The molecule has 1 aromatic rings. The number of halogens is 1. The summed E-state index contributed by atoms with van der Waals surface area (Å²) >= 11 is 0. The molecule has 1 aliphatic rings. The van der Waals surface area contributed by atoms with Crippen LogP contribution in [0.2, 0.25) is 0 Å². The van der Waals surface area contributed by atoms with Gasteiger partial charge in [0.2, 0.25) is 0 Å². The van der Waals surface area contributed by atoms with Crippen LogP contribution in [0.15, 0.2) is 12.1 Å². The van der Waals surface area contributed by atoms with Gasteiger partial charge in [-0.25, -0.2) is 4.39 Å². The smallest absolute Gasteiger partial charge is 0.126 e. The van der Waals surface area contributed by atoms with Gasteiger partial charge in [0.25, 0.3) is 0 Å². The fourth-order valence-corrected chi connectivity index (χ4v) is 2.55. The number of hydrogen-bond acceptors (Lipinski definition) is 2. The standard InChI is InChI=1S/C17H26FNO/c1-11(2)7-8-19(14-5-6-14)17-9-12(3)16(18)10-15(17)13(4)20/h9-11,13-14,20H,5-8H2,1-4H3. The third-order valence-electron chi connectivity index (χ3n) is 4.00. The number of nitrogens with zero attached hydrogens (tertiary/aromatic N) is 1. The fourth-order valence-electron chi connectivity index (χ4n) is 2.55. The Balaban J connectivity index is 2.33. The maximum atomic E-state index is 13.8. The average Bonchev–Trinajstić information content (AvgIpc) is 3.17. The molecular weight excluding hydrogens is 253 g/mol. The summed E-state index contributed by atoms with van der Waals surface area (Å²) in [4.78, 5) is 2.37. The Labute approximate surface area is 121 Å². The van der Waals surface area contributed by atoms with Gasteiger partial charge < -0.3 is 10.0 Å². The predicted octanol–water partition coefficient (Wildman–Crippen LogP) is 4.20. The molecule has 2 rings (SSSR count). The lowest BCUT2D eigenvalue weighted by Crippen LogP contribution is -2.29. The van der Waals surface area contributed by atoms with E-state index in [1.54, 1.807) is 13.8 Å². The van der Waals surface area contributed by atoms with Gasteiger partial charge in [-0.2, -0.15) is 0 Å². The van der Waals surface area contributed by atoms with Gasteiger partial charge in [0.05, 0.1) is 6.10 Å². The summed E-state index contributed by atoms with van der Waals surface area (Å²) in [6.07, 6.45) is 2.88. The molecule has 0 amide bonds. The van der Waals surface area contributed by atoms with Crippen LogP contribution < -0.4 is 4.90 Å². The van der Waals surface area contributed by atoms with Crippen molar-refractivity contribution in [1.82, 2.24) is 0 Å². The first kappa shape index (κ1) is 15.3. The third kappa shape index (κ3) is 3.51. The van der Waals surface area contributed by atoms with Gasteiger partial charge in [-0.1, -0.05) is 13.8 Å². The van der Waals surface area contributed by atoms with Crippen molar-refractivity contribution in [2.45, 2.75) is 59.1 Å². The number of hydrogen-bond donors (Lipinski definition) is 1. The first-order valence-electron chi connectivity index (χ1n) is 7.65. The van der Waals surface area contributed by atoms with Gasteiger partial charge >= 0.3 is 0 Å². The van der Waals surface area contributed by atoms with Crippen LogP contribution >= 0.6 is 0 Å². The second-order valence-electron chi connectivity index (χ2n) is 6.44. The molecule has 1 aromatic carbocycles. The highest BCUT2D eigenvalue weighted by Crippen LogP contribution is 2.37. The molecule has 0 spiro atoms. The van der Waals surface area contributed by atoms with Crippen molar-refractivity contribution in [3.8, 4) is 0 Å². The van der Waals surface area contributed by atoms with E-state index < -0.39 is 6.10 Å². The zero-order valence-electron chi connectivity index (χ0n) is 13.0. The van der Waals surface area contributed by atoms with E-state index in [4.69, 9.17) is 0 Å². The van der Waals surface area contributed by atoms with Crippen molar-refractivity contribution in [1.29, 1.82) is 0 Å². The van der Waals surface area contributed by atoms with E-state index in [0.29, 0.717) is 23.1 Å². The van der Waals surface area contributed by atoms with Gasteiger partial charge in [-0.15, -0.1) is 0 Å². The molecular formula is C17H26FNO. The fraction of sp³-hybridized carbons (Fsp3) is 0.647. The molecule has 0 aliphatic heterocycles. The minimum Gasteiger partial charge on any atom is -0.389 e. The second kappa shape index (κ2) is 6.13. The molecule has 1 atom stereocenters. The lowest BCUT2D eigenvalue weighted by atomic mass is 10.0. The van der Waals surface area contributed by atoms with Crippen LogP contribution in [0.3, 0.4) is 0 Å². The largest absolute Gasteiger partial charge is 0.389 e. The van der Waals surface area contributed by atoms with Crippen molar-refractivity contribution in [2.24, 2.45) is 5.92 Å². The molecule has 112 valence electrons. The Hall–Kier alpha value is -1.09. The quantitative estimate of drug-likeness (QED) is 0.843. The van der Waals surface area contributed by atoms with Gasteiger partial charge in [-0.3, -0.25) is 0 Å². The SMILES string of the molecule is Cc1cc(N(CCC(C)C)C2CC2)c(C(C)O)cc1F. The van der Waals surface area contributed by atoms with Gasteiger partial charge in [0.1, 0.15) is 5.82 Å². The number of aliphatic hydroxyl groups excluding tert-OH is 1. The van der Waals surface area contributed by atoms with Gasteiger partial charge in [-0.05, 0) is 56.7 Å². The van der Waals surface area contributed by atoms with Crippen LogP contribution in [0.4, 0.5) is 10.1 Å². The summed E-state index contributed by atoms with van der Waals surface area (Å²) in [5.41, 5.74) is 2.38. The van der Waals surface area contributed by atoms with Crippen molar-refractivity contribution < 1.29 is 9.50 Å². The molecule has 0 aromatic heterocycles. The molecule has 1 N–H and O–H groups in total. The summed E-state index contributed by atoms with van der Waals surface area (Å²) < 4.78 is 13.8. The summed E-state index contributed by atoms with van der Waals surface area (Å²) in [5.74, 6) is 0.414. The maximum absolute atomic E-state index is 13.8. The highest BCUT2D eigenvalue weighted by Gasteiger charge is 2.31. The number of anilines is 1. The zero-order valence-corrected chi connectivity index (χ0v) is 13.0. The topological polar surface area (TPSA) is 23.5 Å². The molecule has 1 unspecified atom stereocenters. The Kier molecular flexibility index (Phi) is 4.69. The van der Waals surface area contributed by atoms with E-state index in [9.17, 15) is 9.50 Å². The Bertz CT molecular complexity index is 466. The number of aliphatic hydroxyl groups is 1. The zero-order chi connectivity index (χ0) is 14.9. The number of benzene rings is 1. The van der Waals surface area contributed by atoms with Gasteiger partial charge in [0, 0.05) is 23.8 Å². The summed E-state index contributed by atoms with van der Waals surface area (Å²) in [7, 11) is 0. The molecule has 20 heavy (non-hydrogen) atoms. The molecule has 1 fully saturated rings. The first-order chi connectivity index (χ1) is 9.40. The minimum atomic E-state index is -0.639. The molecule has 2 nitrogen and oxygen atoms in total. The highest BCUT2D eigenvalue weighted by atomic mass is 19.1. The van der Waals surface area contributed by atoms with Crippen LogP contribution in [0.25, 0.3) is 0 Å². The van der Waals surface area contributed by atoms with Crippen LogP contribution in [0, 0.1) is 18.7 Å². The molecule has 3 heteroatoms. The summed E-state index contributed by atoms with van der Waals surface area (Å²) in [5, 5.41) is 9.96. The van der Waals surface area contributed by atoms with Crippen LogP contribution in [0.5, 0.6) is 0 Å². The summed E-state index contributed by atoms with van der Waals surface area (Å²) in [6.45, 7) is 8.92. The molecule has 0 radical (unpaired) electrons. The Morgan fingerprint density at radius 2 is 1.95 bits per heavy atom. The van der Waals surface area contributed by atoms with E-state index >= 15 is 0 Å². The first-order valence-corrected chi connectivity index (χ1v) is 7.65. The van der Waals surface area contributed by atoms with Crippen molar-refractivity contribution in [3.63, 3.8) is 0 Å². The second-order valence-corrected chi connectivity index (χ2v) is 6.44. The van der Waals surface area contributed by atoms with Crippen molar-refractivity contribution >= 4 is 5.69 Å². The third-order valence-corrected chi connectivity index (χ3v) is 4.00. The molecule has 1 aliphatic carbocycles. The number of aryl methyl sites for hydroxylation is 1. The van der Waals surface area contributed by atoms with Gasteiger partial charge in [0.15, 0.2) is 0 Å². The highest BCUT2D eigenvalue weighted by molar-refractivity contribution is 5.58. The predicted molar refractivity (Wildman–Crippen MR) is 81.6 cm³/mol. The Morgan fingerprint density at radius 3 is 2.45 bits per heavy atom. The van der Waals surface area contributed by atoms with E-state index in [-0.39, 0.29) is 5.82 Å². The Morgan fingerprint density at radius 1 is 1.30 bits per heavy atom. The van der Waals surface area contributed by atoms with Crippen LogP contribution in [0.1, 0.15) is 57.3 Å². The average molecular weight is 279 g/mol.